The van der Waals surface area contributed by atoms with Gasteiger partial charge in [0.1, 0.15) is 11.3 Å². The molecular weight excluding hydrogens is 290 g/mol. The Bertz CT molecular complexity index is 812. The first-order valence-electron chi connectivity index (χ1n) is 7.59. The summed E-state index contributed by atoms with van der Waals surface area (Å²) in [6, 6.07) is 15.3. The summed E-state index contributed by atoms with van der Waals surface area (Å²) in [5.41, 5.74) is 2.96. The first kappa shape index (κ1) is 15.2. The number of imidazole rings is 1. The number of rotatable bonds is 5. The van der Waals surface area contributed by atoms with Gasteiger partial charge in [0.25, 0.3) is 5.91 Å². The highest BCUT2D eigenvalue weighted by Gasteiger charge is 2.17. The largest absolute Gasteiger partial charge is 0.391 e. The normalized spacial score (nSPS) is 12.3. The zero-order valence-electron chi connectivity index (χ0n) is 12.9. The lowest BCUT2D eigenvalue weighted by Crippen LogP contribution is -2.34. The lowest BCUT2D eigenvalue weighted by Gasteiger charge is -2.12. The van der Waals surface area contributed by atoms with E-state index in [0.29, 0.717) is 17.8 Å². The lowest BCUT2D eigenvalue weighted by atomic mass is 10.1. The molecule has 0 aliphatic heterocycles. The number of nitrogens with zero attached hydrogens (tertiary/aromatic N) is 2. The number of amides is 1. The molecule has 2 heterocycles. The van der Waals surface area contributed by atoms with Crippen LogP contribution in [-0.2, 0) is 6.42 Å². The number of carbonyl (C=O) groups is 1. The molecule has 1 atom stereocenters. The number of aliphatic hydroxyl groups is 1. The van der Waals surface area contributed by atoms with Crippen molar-refractivity contribution in [1.29, 1.82) is 0 Å². The molecule has 0 saturated heterocycles. The fourth-order valence-corrected chi connectivity index (χ4v) is 2.64. The van der Waals surface area contributed by atoms with Gasteiger partial charge in [-0.3, -0.25) is 9.20 Å². The van der Waals surface area contributed by atoms with Gasteiger partial charge >= 0.3 is 0 Å². The van der Waals surface area contributed by atoms with Crippen LogP contribution in [0, 0.1) is 6.92 Å². The fourth-order valence-electron chi connectivity index (χ4n) is 2.64. The lowest BCUT2D eigenvalue weighted by molar-refractivity contribution is 0.0909. The first-order chi connectivity index (χ1) is 11.1. The van der Waals surface area contributed by atoms with Gasteiger partial charge in [0, 0.05) is 19.2 Å². The van der Waals surface area contributed by atoms with Crippen molar-refractivity contribution in [2.24, 2.45) is 0 Å². The Hall–Kier alpha value is -2.66. The second kappa shape index (κ2) is 6.62. The third-order valence-corrected chi connectivity index (χ3v) is 3.73. The van der Waals surface area contributed by atoms with E-state index < -0.39 is 6.10 Å². The van der Waals surface area contributed by atoms with E-state index in [-0.39, 0.29) is 12.5 Å². The minimum absolute atomic E-state index is 0.202. The number of aromatic nitrogens is 2. The van der Waals surface area contributed by atoms with E-state index in [0.717, 1.165) is 11.2 Å². The molecule has 0 aliphatic carbocycles. The highest BCUT2D eigenvalue weighted by atomic mass is 16.3. The van der Waals surface area contributed by atoms with Crippen molar-refractivity contribution in [3.05, 3.63) is 71.7 Å². The SMILES string of the molecule is Cc1nc2ccccn2c1C(=O)NCC(O)Cc1ccccc1. The molecular formula is C18H19N3O2. The molecule has 2 N–H and O–H groups in total. The van der Waals surface area contributed by atoms with Crippen LogP contribution < -0.4 is 5.32 Å². The summed E-state index contributed by atoms with van der Waals surface area (Å²) in [4.78, 5) is 16.8. The van der Waals surface area contributed by atoms with Crippen LogP contribution in [0.15, 0.2) is 54.7 Å². The minimum atomic E-state index is -0.624. The monoisotopic (exact) mass is 309 g/mol. The molecule has 2 aromatic heterocycles. The average molecular weight is 309 g/mol. The second-order valence-corrected chi connectivity index (χ2v) is 5.53. The van der Waals surface area contributed by atoms with Crippen LogP contribution in [-0.4, -0.2) is 33.0 Å². The van der Waals surface area contributed by atoms with Crippen LogP contribution in [0.3, 0.4) is 0 Å². The molecule has 0 bridgehead atoms. The Kier molecular flexibility index (Phi) is 4.39. The van der Waals surface area contributed by atoms with Gasteiger partial charge < -0.3 is 10.4 Å². The molecule has 1 amide bonds. The molecule has 0 saturated carbocycles. The third-order valence-electron chi connectivity index (χ3n) is 3.73. The Morgan fingerprint density at radius 3 is 2.74 bits per heavy atom. The molecule has 3 aromatic rings. The summed E-state index contributed by atoms with van der Waals surface area (Å²) in [6.07, 6.45) is 1.69. The van der Waals surface area contributed by atoms with Gasteiger partial charge in [-0.25, -0.2) is 4.98 Å². The van der Waals surface area contributed by atoms with Crippen molar-refractivity contribution in [2.75, 3.05) is 6.54 Å². The average Bonchev–Trinajstić information content (AvgIpc) is 2.89. The van der Waals surface area contributed by atoms with Crippen molar-refractivity contribution >= 4 is 11.6 Å². The topological polar surface area (TPSA) is 66.6 Å². The summed E-state index contributed by atoms with van der Waals surface area (Å²) in [7, 11) is 0. The second-order valence-electron chi connectivity index (χ2n) is 5.53. The van der Waals surface area contributed by atoms with E-state index in [4.69, 9.17) is 0 Å². The number of hydrogen-bond acceptors (Lipinski definition) is 3. The molecule has 0 radical (unpaired) electrons. The van der Waals surface area contributed by atoms with Gasteiger partial charge in [0.15, 0.2) is 0 Å². The van der Waals surface area contributed by atoms with Crippen molar-refractivity contribution < 1.29 is 9.90 Å². The zero-order chi connectivity index (χ0) is 16.2. The van der Waals surface area contributed by atoms with Gasteiger partial charge in [-0.1, -0.05) is 36.4 Å². The number of carbonyl (C=O) groups excluding carboxylic acids is 1. The first-order valence-corrected chi connectivity index (χ1v) is 7.59. The van der Waals surface area contributed by atoms with E-state index in [1.54, 1.807) is 4.40 Å². The van der Waals surface area contributed by atoms with Crippen molar-refractivity contribution in [3.63, 3.8) is 0 Å². The number of hydrogen-bond donors (Lipinski definition) is 2. The third kappa shape index (κ3) is 3.40. The van der Waals surface area contributed by atoms with Gasteiger partial charge in [0.05, 0.1) is 11.8 Å². The zero-order valence-corrected chi connectivity index (χ0v) is 12.9. The summed E-state index contributed by atoms with van der Waals surface area (Å²) in [5.74, 6) is -0.228. The van der Waals surface area contributed by atoms with Gasteiger partial charge in [-0.05, 0) is 24.6 Å². The predicted molar refractivity (Wildman–Crippen MR) is 88.4 cm³/mol. The van der Waals surface area contributed by atoms with E-state index in [9.17, 15) is 9.90 Å². The number of pyridine rings is 1. The number of aryl methyl sites for hydroxylation is 1. The quantitative estimate of drug-likeness (QED) is 0.757. The van der Waals surface area contributed by atoms with Gasteiger partial charge in [-0.15, -0.1) is 0 Å². The minimum Gasteiger partial charge on any atom is -0.391 e. The molecule has 118 valence electrons. The van der Waals surface area contributed by atoms with Crippen LogP contribution in [0.1, 0.15) is 21.7 Å². The van der Waals surface area contributed by atoms with Crippen LogP contribution >= 0.6 is 0 Å². The molecule has 0 aliphatic rings. The number of nitrogens with one attached hydrogen (secondary N) is 1. The molecule has 0 fully saturated rings. The molecule has 5 nitrogen and oxygen atoms in total. The number of benzene rings is 1. The van der Waals surface area contributed by atoms with E-state index >= 15 is 0 Å². The molecule has 1 unspecified atom stereocenters. The van der Waals surface area contributed by atoms with E-state index in [2.05, 4.69) is 10.3 Å². The predicted octanol–water partition coefficient (Wildman–Crippen LogP) is 1.98. The summed E-state index contributed by atoms with van der Waals surface area (Å²) < 4.78 is 1.76. The van der Waals surface area contributed by atoms with Crippen LogP contribution in [0.5, 0.6) is 0 Å². The fraction of sp³-hybridized carbons (Fsp3) is 0.222. The Labute approximate surface area is 134 Å². The standard InChI is InChI=1S/C18H19N3O2/c1-13-17(21-10-6-5-9-16(21)20-13)18(23)19-12-15(22)11-14-7-3-2-4-8-14/h2-10,15,22H,11-12H2,1H3,(H,19,23). The van der Waals surface area contributed by atoms with Crippen molar-refractivity contribution in [2.45, 2.75) is 19.4 Å². The highest BCUT2D eigenvalue weighted by molar-refractivity contribution is 5.94. The maximum absolute atomic E-state index is 12.4. The number of fused-ring (bicyclic) bond motifs is 1. The maximum Gasteiger partial charge on any atom is 0.270 e. The molecule has 1 aromatic carbocycles. The van der Waals surface area contributed by atoms with Crippen LogP contribution in [0.2, 0.25) is 0 Å². The molecule has 23 heavy (non-hydrogen) atoms. The van der Waals surface area contributed by atoms with Crippen molar-refractivity contribution in [3.8, 4) is 0 Å². The Morgan fingerprint density at radius 2 is 1.96 bits per heavy atom. The molecule has 0 spiro atoms. The summed E-state index contributed by atoms with van der Waals surface area (Å²) in [6.45, 7) is 2.01. The molecule has 3 rings (SSSR count). The summed E-state index contributed by atoms with van der Waals surface area (Å²) in [5, 5.41) is 12.9. The summed E-state index contributed by atoms with van der Waals surface area (Å²) >= 11 is 0. The van der Waals surface area contributed by atoms with Crippen LogP contribution in [0.25, 0.3) is 5.65 Å². The van der Waals surface area contributed by atoms with E-state index in [1.807, 2.05) is 61.7 Å². The highest BCUT2D eigenvalue weighted by Crippen LogP contribution is 2.11. The maximum atomic E-state index is 12.4. The van der Waals surface area contributed by atoms with Gasteiger partial charge in [-0.2, -0.15) is 0 Å². The van der Waals surface area contributed by atoms with Crippen molar-refractivity contribution in [1.82, 2.24) is 14.7 Å². The van der Waals surface area contributed by atoms with Crippen LogP contribution in [0.4, 0.5) is 0 Å². The Morgan fingerprint density at radius 1 is 1.22 bits per heavy atom. The molecule has 5 heteroatoms. The van der Waals surface area contributed by atoms with Gasteiger partial charge in [0.2, 0.25) is 0 Å². The number of aliphatic hydroxyl groups excluding tert-OH is 1. The smallest absolute Gasteiger partial charge is 0.270 e. The Balaban J connectivity index is 1.66. The van der Waals surface area contributed by atoms with E-state index in [1.165, 1.54) is 0 Å².